The highest BCUT2D eigenvalue weighted by Crippen LogP contribution is 2.06. The molecule has 0 aliphatic rings. The first kappa shape index (κ1) is 15.2. The molecule has 4 nitrogen and oxygen atoms in total. The van der Waals surface area contributed by atoms with E-state index in [1.165, 1.54) is 25.7 Å². The summed E-state index contributed by atoms with van der Waals surface area (Å²) in [5.74, 6) is 0.0739. The Hall–Kier alpha value is -0.770. The molecule has 0 aliphatic carbocycles. The van der Waals surface area contributed by atoms with Gasteiger partial charge in [0.1, 0.15) is 0 Å². The van der Waals surface area contributed by atoms with Gasteiger partial charge in [-0.15, -0.1) is 0 Å². The number of unbranched alkanes of at least 4 members (excludes halogenated alkanes) is 2. The summed E-state index contributed by atoms with van der Waals surface area (Å²) in [4.78, 5) is 2.41. The summed E-state index contributed by atoms with van der Waals surface area (Å²) >= 11 is 0. The first-order valence-electron chi connectivity index (χ1n) is 6.50. The van der Waals surface area contributed by atoms with Crippen LogP contribution in [0.5, 0.6) is 0 Å². The Balaban J connectivity index is 4.23. The van der Waals surface area contributed by atoms with Crippen molar-refractivity contribution in [2.75, 3.05) is 13.1 Å². The molecule has 96 valence electrons. The molecule has 0 saturated heterocycles. The zero-order valence-corrected chi connectivity index (χ0v) is 11.1. The molecular formula is C12H28N4. The molecule has 0 fully saturated rings. The van der Waals surface area contributed by atoms with Crippen LogP contribution in [-0.4, -0.2) is 30.1 Å². The maximum absolute atomic E-state index is 7.32. The third-order valence-corrected chi connectivity index (χ3v) is 2.75. The summed E-state index contributed by atoms with van der Waals surface area (Å²) in [6, 6.07) is 0. The number of nitrogens with zero attached hydrogens (tertiary/aromatic N) is 1. The van der Waals surface area contributed by atoms with Crippen LogP contribution in [0.3, 0.4) is 0 Å². The van der Waals surface area contributed by atoms with E-state index < -0.39 is 0 Å². The van der Waals surface area contributed by atoms with E-state index in [-0.39, 0.29) is 12.1 Å². The first-order chi connectivity index (χ1) is 7.65. The van der Waals surface area contributed by atoms with Crippen LogP contribution in [0.2, 0.25) is 0 Å². The average Bonchev–Trinajstić information content (AvgIpc) is 2.26. The molecule has 0 rings (SSSR count). The van der Waals surface area contributed by atoms with Gasteiger partial charge in [-0.05, 0) is 19.3 Å². The molecule has 4 heteroatoms. The van der Waals surface area contributed by atoms with Crippen LogP contribution < -0.4 is 11.1 Å². The van der Waals surface area contributed by atoms with Gasteiger partial charge in [0.05, 0.1) is 6.17 Å². The lowest BCUT2D eigenvalue weighted by Crippen LogP contribution is -2.50. The van der Waals surface area contributed by atoms with Crippen molar-refractivity contribution in [1.82, 2.24) is 10.2 Å². The summed E-state index contributed by atoms with van der Waals surface area (Å²) in [5.41, 5.74) is 5.41. The number of guanidine groups is 1. The number of nitrogens with one attached hydrogen (secondary N) is 2. The zero-order valence-electron chi connectivity index (χ0n) is 11.1. The summed E-state index contributed by atoms with van der Waals surface area (Å²) in [6.07, 6.45) is 6.03. The van der Waals surface area contributed by atoms with Crippen molar-refractivity contribution in [3.05, 3.63) is 0 Å². The molecule has 0 radical (unpaired) electrons. The van der Waals surface area contributed by atoms with Gasteiger partial charge < -0.3 is 11.1 Å². The van der Waals surface area contributed by atoms with E-state index >= 15 is 0 Å². The van der Waals surface area contributed by atoms with Crippen LogP contribution in [0.15, 0.2) is 0 Å². The summed E-state index contributed by atoms with van der Waals surface area (Å²) in [7, 11) is 0. The normalized spacial score (nSPS) is 12.8. The Morgan fingerprint density at radius 1 is 1.19 bits per heavy atom. The van der Waals surface area contributed by atoms with E-state index in [2.05, 4.69) is 31.0 Å². The minimum Gasteiger partial charge on any atom is -0.370 e. The second-order valence-electron chi connectivity index (χ2n) is 4.23. The Morgan fingerprint density at radius 3 is 2.00 bits per heavy atom. The van der Waals surface area contributed by atoms with Crippen LogP contribution in [-0.2, 0) is 0 Å². The van der Waals surface area contributed by atoms with Crippen molar-refractivity contribution in [2.45, 2.75) is 59.0 Å². The van der Waals surface area contributed by atoms with E-state index in [4.69, 9.17) is 11.1 Å². The molecule has 0 saturated carbocycles. The van der Waals surface area contributed by atoms with E-state index in [1.807, 2.05) is 0 Å². The maximum Gasteiger partial charge on any atom is 0.186 e. The van der Waals surface area contributed by atoms with Gasteiger partial charge in [0.15, 0.2) is 5.96 Å². The third-order valence-electron chi connectivity index (χ3n) is 2.75. The van der Waals surface area contributed by atoms with E-state index in [0.717, 1.165) is 19.5 Å². The molecule has 16 heavy (non-hydrogen) atoms. The number of nitrogens with two attached hydrogens (primary N) is 1. The lowest BCUT2D eigenvalue weighted by Gasteiger charge is -2.31. The van der Waals surface area contributed by atoms with Crippen molar-refractivity contribution in [1.29, 1.82) is 5.41 Å². The molecular weight excluding hydrogens is 200 g/mol. The standard InChI is InChI=1S/C12H28N4/c1-4-7-9-16(10-8-5-2)11(6-3)15-12(13)14/h11H,4-10H2,1-3H3,(H4,13,14,15). The van der Waals surface area contributed by atoms with Gasteiger partial charge in [0.25, 0.3) is 0 Å². The molecule has 0 aromatic heterocycles. The Bertz CT molecular complexity index is 174. The first-order valence-corrected chi connectivity index (χ1v) is 6.50. The van der Waals surface area contributed by atoms with Gasteiger partial charge in [0, 0.05) is 13.1 Å². The topological polar surface area (TPSA) is 65.1 Å². The van der Waals surface area contributed by atoms with E-state index in [9.17, 15) is 0 Å². The minimum atomic E-state index is 0.0739. The molecule has 1 unspecified atom stereocenters. The fourth-order valence-electron chi connectivity index (χ4n) is 1.78. The summed E-state index contributed by atoms with van der Waals surface area (Å²) < 4.78 is 0. The van der Waals surface area contributed by atoms with Crippen LogP contribution in [0.25, 0.3) is 0 Å². The molecule has 4 N–H and O–H groups in total. The molecule has 0 bridgehead atoms. The molecule has 0 heterocycles. The highest BCUT2D eigenvalue weighted by atomic mass is 15.3. The average molecular weight is 228 g/mol. The van der Waals surface area contributed by atoms with Crippen molar-refractivity contribution in [2.24, 2.45) is 5.73 Å². The molecule has 0 aromatic carbocycles. The van der Waals surface area contributed by atoms with Gasteiger partial charge in [-0.1, -0.05) is 33.6 Å². The van der Waals surface area contributed by atoms with Crippen molar-refractivity contribution in [3.63, 3.8) is 0 Å². The van der Waals surface area contributed by atoms with Crippen LogP contribution >= 0.6 is 0 Å². The van der Waals surface area contributed by atoms with Crippen LogP contribution in [0, 0.1) is 5.41 Å². The third kappa shape index (κ3) is 6.67. The zero-order chi connectivity index (χ0) is 12.4. The summed E-state index contributed by atoms with van der Waals surface area (Å²) in [5, 5.41) is 10.3. The molecule has 0 aromatic rings. The quantitative estimate of drug-likeness (QED) is 0.322. The highest BCUT2D eigenvalue weighted by Gasteiger charge is 2.15. The molecule has 0 spiro atoms. The molecule has 0 amide bonds. The summed E-state index contributed by atoms with van der Waals surface area (Å²) in [6.45, 7) is 8.73. The van der Waals surface area contributed by atoms with Gasteiger partial charge in [-0.2, -0.15) is 0 Å². The largest absolute Gasteiger partial charge is 0.370 e. The Morgan fingerprint density at radius 2 is 1.69 bits per heavy atom. The lowest BCUT2D eigenvalue weighted by atomic mass is 10.2. The highest BCUT2D eigenvalue weighted by molar-refractivity contribution is 5.74. The van der Waals surface area contributed by atoms with Crippen molar-refractivity contribution >= 4 is 5.96 Å². The lowest BCUT2D eigenvalue weighted by molar-refractivity contribution is 0.172. The Kier molecular flexibility index (Phi) is 9.00. The molecule has 0 aliphatic heterocycles. The monoisotopic (exact) mass is 228 g/mol. The fraction of sp³-hybridized carbons (Fsp3) is 0.917. The SMILES string of the molecule is CCCCN(CCCC)C(CC)NC(=N)N. The van der Waals surface area contributed by atoms with Gasteiger partial charge in [-0.3, -0.25) is 10.3 Å². The second-order valence-corrected chi connectivity index (χ2v) is 4.23. The predicted octanol–water partition coefficient (Wildman–Crippen LogP) is 2.11. The maximum atomic E-state index is 7.32. The second kappa shape index (κ2) is 9.46. The van der Waals surface area contributed by atoms with Gasteiger partial charge >= 0.3 is 0 Å². The number of hydrogen-bond acceptors (Lipinski definition) is 2. The fourth-order valence-corrected chi connectivity index (χ4v) is 1.78. The number of hydrogen-bond donors (Lipinski definition) is 3. The minimum absolute atomic E-state index is 0.0739. The van der Waals surface area contributed by atoms with Crippen molar-refractivity contribution < 1.29 is 0 Å². The number of rotatable bonds is 9. The van der Waals surface area contributed by atoms with E-state index in [0.29, 0.717) is 0 Å². The van der Waals surface area contributed by atoms with Gasteiger partial charge in [0.2, 0.25) is 0 Å². The predicted molar refractivity (Wildman–Crippen MR) is 70.5 cm³/mol. The van der Waals surface area contributed by atoms with Crippen LogP contribution in [0.1, 0.15) is 52.9 Å². The molecule has 1 atom stereocenters. The Labute approximate surface area is 100 Å². The van der Waals surface area contributed by atoms with Crippen molar-refractivity contribution in [3.8, 4) is 0 Å². The van der Waals surface area contributed by atoms with Crippen LogP contribution in [0.4, 0.5) is 0 Å². The van der Waals surface area contributed by atoms with E-state index in [1.54, 1.807) is 0 Å². The smallest absolute Gasteiger partial charge is 0.186 e. The van der Waals surface area contributed by atoms with Gasteiger partial charge in [-0.25, -0.2) is 0 Å².